The van der Waals surface area contributed by atoms with E-state index < -0.39 is 11.9 Å². The zero-order valence-electron chi connectivity index (χ0n) is 15.5. The molecule has 4 rings (SSSR count). The molecule has 144 valence electrons. The van der Waals surface area contributed by atoms with Crippen LogP contribution in [0.1, 0.15) is 46.8 Å². The van der Waals surface area contributed by atoms with E-state index in [0.717, 1.165) is 31.3 Å². The number of hydrogen-bond acceptors (Lipinski definition) is 4. The van der Waals surface area contributed by atoms with Gasteiger partial charge in [-0.25, -0.2) is 0 Å². The minimum absolute atomic E-state index is 0.0241. The molecule has 1 atom stereocenters. The minimum Gasteiger partial charge on any atom is -0.481 e. The first-order chi connectivity index (χ1) is 13.5. The van der Waals surface area contributed by atoms with Crippen molar-refractivity contribution < 1.29 is 14.3 Å². The van der Waals surface area contributed by atoms with E-state index in [0.29, 0.717) is 23.3 Å². The fraction of sp³-hybridized carbons (Fsp3) is 0.273. The van der Waals surface area contributed by atoms with Gasteiger partial charge in [0.05, 0.1) is 0 Å². The summed E-state index contributed by atoms with van der Waals surface area (Å²) in [7, 11) is 0. The van der Waals surface area contributed by atoms with E-state index in [9.17, 15) is 9.90 Å². The van der Waals surface area contributed by atoms with Crippen molar-refractivity contribution in [2.24, 2.45) is 5.73 Å². The van der Waals surface area contributed by atoms with Gasteiger partial charge in [0, 0.05) is 24.0 Å². The standard InChI is InChI=1S/C22H23N3O3/c23-21(24)14-6-7-19-16(9-14)10-20(28-19)18(22(26)27)3-1-2-13-4-5-15-11-25-12-17(15)8-13/h4-10,18,25H,1-3,11-12H2,(H3,23,24)(H,26,27). The van der Waals surface area contributed by atoms with Gasteiger partial charge in [0.25, 0.3) is 0 Å². The van der Waals surface area contributed by atoms with Crippen LogP contribution in [-0.2, 0) is 24.3 Å². The van der Waals surface area contributed by atoms with Crippen LogP contribution in [0.2, 0.25) is 0 Å². The molecule has 0 saturated carbocycles. The summed E-state index contributed by atoms with van der Waals surface area (Å²) in [6, 6.07) is 13.4. The Morgan fingerprint density at radius 2 is 2.00 bits per heavy atom. The molecule has 1 unspecified atom stereocenters. The van der Waals surface area contributed by atoms with Crippen LogP contribution in [0.15, 0.2) is 46.9 Å². The van der Waals surface area contributed by atoms with Crippen LogP contribution in [0, 0.1) is 5.41 Å². The van der Waals surface area contributed by atoms with Crippen molar-refractivity contribution in [3.8, 4) is 0 Å². The van der Waals surface area contributed by atoms with Gasteiger partial charge in [-0.2, -0.15) is 0 Å². The zero-order valence-corrected chi connectivity index (χ0v) is 15.5. The normalized spacial score (nSPS) is 14.1. The van der Waals surface area contributed by atoms with Crippen molar-refractivity contribution in [2.75, 3.05) is 0 Å². The van der Waals surface area contributed by atoms with Gasteiger partial charge in [-0.1, -0.05) is 18.2 Å². The van der Waals surface area contributed by atoms with E-state index in [2.05, 4.69) is 23.5 Å². The fourth-order valence-corrected chi connectivity index (χ4v) is 3.80. The second-order valence-electron chi connectivity index (χ2n) is 7.30. The van der Waals surface area contributed by atoms with E-state index in [-0.39, 0.29) is 5.84 Å². The number of benzene rings is 2. The molecule has 0 saturated heterocycles. The van der Waals surface area contributed by atoms with Crippen molar-refractivity contribution >= 4 is 22.8 Å². The number of carbonyl (C=O) groups is 1. The van der Waals surface area contributed by atoms with Crippen molar-refractivity contribution in [1.29, 1.82) is 5.41 Å². The van der Waals surface area contributed by atoms with Gasteiger partial charge in [0.2, 0.25) is 0 Å². The zero-order chi connectivity index (χ0) is 19.7. The van der Waals surface area contributed by atoms with Gasteiger partial charge in [0.15, 0.2) is 0 Å². The highest BCUT2D eigenvalue weighted by atomic mass is 16.4. The lowest BCUT2D eigenvalue weighted by Gasteiger charge is -2.10. The highest BCUT2D eigenvalue weighted by molar-refractivity contribution is 5.98. The summed E-state index contributed by atoms with van der Waals surface area (Å²) < 4.78 is 5.79. The molecule has 1 aliphatic heterocycles. The Kier molecular flexibility index (Phi) is 4.88. The number of aryl methyl sites for hydroxylation is 1. The van der Waals surface area contributed by atoms with E-state index in [1.54, 1.807) is 24.3 Å². The Balaban J connectivity index is 1.47. The van der Waals surface area contributed by atoms with Crippen LogP contribution in [0.3, 0.4) is 0 Å². The predicted octanol–water partition coefficient (Wildman–Crippen LogP) is 3.51. The number of fused-ring (bicyclic) bond motifs is 2. The molecule has 0 spiro atoms. The molecule has 1 aliphatic rings. The molecule has 0 fully saturated rings. The van der Waals surface area contributed by atoms with Gasteiger partial charge < -0.3 is 20.6 Å². The Bertz CT molecular complexity index is 1050. The highest BCUT2D eigenvalue weighted by Gasteiger charge is 2.24. The van der Waals surface area contributed by atoms with E-state index in [1.807, 2.05) is 0 Å². The van der Waals surface area contributed by atoms with E-state index in [4.69, 9.17) is 15.6 Å². The van der Waals surface area contributed by atoms with Gasteiger partial charge in [0.1, 0.15) is 23.1 Å². The number of rotatable bonds is 7. The molecule has 0 amide bonds. The lowest BCUT2D eigenvalue weighted by Crippen LogP contribution is -2.11. The first kappa shape index (κ1) is 18.3. The summed E-state index contributed by atoms with van der Waals surface area (Å²) >= 11 is 0. The lowest BCUT2D eigenvalue weighted by atomic mass is 9.96. The first-order valence-corrected chi connectivity index (χ1v) is 9.43. The lowest BCUT2D eigenvalue weighted by molar-refractivity contribution is -0.139. The third-order valence-corrected chi connectivity index (χ3v) is 5.35. The summed E-state index contributed by atoms with van der Waals surface area (Å²) in [5.74, 6) is -1.15. The number of aliphatic carboxylic acids is 1. The van der Waals surface area contributed by atoms with Crippen LogP contribution in [0.5, 0.6) is 0 Å². The molecule has 0 radical (unpaired) electrons. The minimum atomic E-state index is -0.885. The average Bonchev–Trinajstić information content (AvgIpc) is 3.30. The maximum absolute atomic E-state index is 11.8. The summed E-state index contributed by atoms with van der Waals surface area (Å²) in [5.41, 5.74) is 10.7. The number of carboxylic acids is 1. The second kappa shape index (κ2) is 7.48. The van der Waals surface area contributed by atoms with Crippen molar-refractivity contribution in [2.45, 2.75) is 38.3 Å². The van der Waals surface area contributed by atoms with E-state index >= 15 is 0 Å². The van der Waals surface area contributed by atoms with Crippen LogP contribution < -0.4 is 11.1 Å². The predicted molar refractivity (Wildman–Crippen MR) is 108 cm³/mol. The van der Waals surface area contributed by atoms with E-state index in [1.165, 1.54) is 16.7 Å². The molecule has 0 aliphatic carbocycles. The first-order valence-electron chi connectivity index (χ1n) is 9.43. The number of nitrogen functional groups attached to an aromatic ring is 1. The summed E-state index contributed by atoms with van der Waals surface area (Å²) in [5, 5.41) is 21.3. The van der Waals surface area contributed by atoms with Crippen LogP contribution in [0.25, 0.3) is 11.0 Å². The fourth-order valence-electron chi connectivity index (χ4n) is 3.80. The molecule has 5 N–H and O–H groups in total. The molecular weight excluding hydrogens is 354 g/mol. The van der Waals surface area contributed by atoms with Crippen LogP contribution in [0.4, 0.5) is 0 Å². The quantitative estimate of drug-likeness (QED) is 0.372. The highest BCUT2D eigenvalue weighted by Crippen LogP contribution is 2.30. The van der Waals surface area contributed by atoms with Crippen molar-refractivity contribution in [3.05, 3.63) is 70.5 Å². The number of amidine groups is 1. The number of nitrogens with two attached hydrogens (primary N) is 1. The van der Waals surface area contributed by atoms with Crippen LogP contribution >= 0.6 is 0 Å². The SMILES string of the molecule is N=C(N)c1ccc2oc(C(CCCc3ccc4c(c3)CNC4)C(=O)O)cc2c1. The third-order valence-electron chi connectivity index (χ3n) is 5.35. The van der Waals surface area contributed by atoms with Gasteiger partial charge >= 0.3 is 5.97 Å². The monoisotopic (exact) mass is 377 g/mol. The van der Waals surface area contributed by atoms with Gasteiger partial charge in [-0.3, -0.25) is 10.2 Å². The Hall–Kier alpha value is -3.12. The number of carboxylic acid groups (broad SMARTS) is 1. The molecule has 3 aromatic rings. The largest absolute Gasteiger partial charge is 0.481 e. The molecule has 2 aromatic carbocycles. The molecule has 2 heterocycles. The van der Waals surface area contributed by atoms with Gasteiger partial charge in [-0.05, 0) is 60.2 Å². The van der Waals surface area contributed by atoms with Crippen LogP contribution in [-0.4, -0.2) is 16.9 Å². The smallest absolute Gasteiger partial charge is 0.314 e. The van der Waals surface area contributed by atoms with Gasteiger partial charge in [-0.15, -0.1) is 0 Å². The number of nitrogens with one attached hydrogen (secondary N) is 2. The summed E-state index contributed by atoms with van der Waals surface area (Å²) in [4.78, 5) is 11.8. The molecule has 6 heteroatoms. The Morgan fingerprint density at radius 3 is 2.79 bits per heavy atom. The Morgan fingerprint density at radius 1 is 1.18 bits per heavy atom. The molecule has 1 aromatic heterocycles. The maximum Gasteiger partial charge on any atom is 0.314 e. The number of furan rings is 1. The van der Waals surface area contributed by atoms with Crippen molar-refractivity contribution in [1.82, 2.24) is 5.32 Å². The third kappa shape index (κ3) is 3.64. The Labute approximate surface area is 162 Å². The molecule has 6 nitrogen and oxygen atoms in total. The van der Waals surface area contributed by atoms with Crippen molar-refractivity contribution in [3.63, 3.8) is 0 Å². The summed E-state index contributed by atoms with van der Waals surface area (Å²) in [6.07, 6.45) is 2.11. The maximum atomic E-state index is 11.8. The molecule has 0 bridgehead atoms. The molecular formula is C22H23N3O3. The average molecular weight is 377 g/mol. The topological polar surface area (TPSA) is 112 Å². The number of hydrogen-bond donors (Lipinski definition) is 4. The molecule has 28 heavy (non-hydrogen) atoms. The summed E-state index contributed by atoms with van der Waals surface area (Å²) in [6.45, 7) is 1.83. The second-order valence-corrected chi connectivity index (χ2v) is 7.30.